The molecule has 32 heavy (non-hydrogen) atoms. The summed E-state index contributed by atoms with van der Waals surface area (Å²) >= 11 is 1.18. The van der Waals surface area contributed by atoms with E-state index in [4.69, 9.17) is 4.74 Å². The van der Waals surface area contributed by atoms with Crippen molar-refractivity contribution in [3.8, 4) is 10.8 Å². The third-order valence-electron chi connectivity index (χ3n) is 4.63. The number of amides is 1. The maximum Gasteiger partial charge on any atom is 0.358 e. The van der Waals surface area contributed by atoms with Crippen LogP contribution in [0.15, 0.2) is 53.0 Å². The molecule has 0 bridgehead atoms. The second-order valence-corrected chi connectivity index (χ2v) is 9.67. The molecule has 1 fully saturated rings. The van der Waals surface area contributed by atoms with Gasteiger partial charge in [-0.1, -0.05) is 6.07 Å². The predicted octanol–water partition coefficient (Wildman–Crippen LogP) is 2.18. The molecule has 0 atom stereocenters. The summed E-state index contributed by atoms with van der Waals surface area (Å²) in [6.07, 6.45) is 4.80. The maximum atomic E-state index is 12.7. The Labute approximate surface area is 188 Å². The van der Waals surface area contributed by atoms with E-state index < -0.39 is 28.5 Å². The molecule has 10 nitrogen and oxygen atoms in total. The third kappa shape index (κ3) is 4.98. The Morgan fingerprint density at radius 1 is 1.12 bits per heavy atom. The molecule has 1 aliphatic heterocycles. The number of nitrogens with zero attached hydrogens (tertiary/aromatic N) is 4. The number of thiazole rings is 1. The molecule has 3 heterocycles. The van der Waals surface area contributed by atoms with E-state index in [1.807, 2.05) is 0 Å². The van der Waals surface area contributed by atoms with Crippen LogP contribution in [0.1, 0.15) is 23.3 Å². The quantitative estimate of drug-likeness (QED) is 0.517. The minimum absolute atomic E-state index is 0.0453. The molecule has 1 N–H and O–H groups in total. The van der Waals surface area contributed by atoms with Crippen LogP contribution in [0.3, 0.4) is 0 Å². The van der Waals surface area contributed by atoms with Crippen molar-refractivity contribution in [2.24, 2.45) is 0 Å². The Morgan fingerprint density at radius 2 is 1.88 bits per heavy atom. The second kappa shape index (κ2) is 9.51. The van der Waals surface area contributed by atoms with Crippen molar-refractivity contribution >= 4 is 38.9 Å². The highest BCUT2D eigenvalue weighted by atomic mass is 32.2. The average molecular weight is 474 g/mol. The zero-order chi connectivity index (χ0) is 22.6. The van der Waals surface area contributed by atoms with Crippen molar-refractivity contribution in [2.75, 3.05) is 25.0 Å². The SMILES string of the molecule is O=C(COC(=O)c1csc(-c2ncccn2)n1)Nc1cccc(S(=O)(=O)N2CCCC2)c1. The Morgan fingerprint density at radius 3 is 2.62 bits per heavy atom. The van der Waals surface area contributed by atoms with E-state index in [0.717, 1.165) is 12.8 Å². The summed E-state index contributed by atoms with van der Waals surface area (Å²) in [6, 6.07) is 7.66. The van der Waals surface area contributed by atoms with Crippen molar-refractivity contribution in [3.05, 3.63) is 53.8 Å². The minimum atomic E-state index is -3.60. The number of hydrogen-bond acceptors (Lipinski definition) is 9. The Hall–Kier alpha value is -3.22. The first kappa shape index (κ1) is 22.0. The summed E-state index contributed by atoms with van der Waals surface area (Å²) in [5.41, 5.74) is 0.340. The molecule has 3 aromatic rings. The maximum absolute atomic E-state index is 12.7. The minimum Gasteiger partial charge on any atom is -0.451 e. The molecule has 0 saturated carbocycles. The monoisotopic (exact) mass is 473 g/mol. The molecule has 1 aromatic carbocycles. The molecule has 1 aliphatic rings. The van der Waals surface area contributed by atoms with E-state index in [0.29, 0.717) is 29.6 Å². The molecule has 166 valence electrons. The van der Waals surface area contributed by atoms with E-state index in [9.17, 15) is 18.0 Å². The van der Waals surface area contributed by atoms with Crippen molar-refractivity contribution in [1.82, 2.24) is 19.3 Å². The van der Waals surface area contributed by atoms with Crippen LogP contribution < -0.4 is 5.32 Å². The molecule has 1 amide bonds. The first-order valence-electron chi connectivity index (χ1n) is 9.73. The van der Waals surface area contributed by atoms with Gasteiger partial charge in [0, 0.05) is 36.6 Å². The van der Waals surface area contributed by atoms with Crippen molar-refractivity contribution in [2.45, 2.75) is 17.7 Å². The van der Waals surface area contributed by atoms with Gasteiger partial charge in [0.1, 0.15) is 0 Å². The Bertz CT molecular complexity index is 1220. The molecule has 0 aliphatic carbocycles. The Balaban J connectivity index is 1.34. The van der Waals surface area contributed by atoms with Gasteiger partial charge >= 0.3 is 5.97 Å². The number of benzene rings is 1. The summed E-state index contributed by atoms with van der Waals surface area (Å²) in [5.74, 6) is -0.974. The number of ether oxygens (including phenoxy) is 1. The third-order valence-corrected chi connectivity index (χ3v) is 7.36. The predicted molar refractivity (Wildman–Crippen MR) is 116 cm³/mol. The van der Waals surface area contributed by atoms with Gasteiger partial charge in [-0.2, -0.15) is 4.31 Å². The number of nitrogens with one attached hydrogen (secondary N) is 1. The van der Waals surface area contributed by atoms with Crippen LogP contribution in [0, 0.1) is 0 Å². The van der Waals surface area contributed by atoms with Gasteiger partial charge in [-0.05, 0) is 37.1 Å². The topological polar surface area (TPSA) is 131 Å². The van der Waals surface area contributed by atoms with E-state index in [-0.39, 0.29) is 10.6 Å². The second-order valence-electron chi connectivity index (χ2n) is 6.87. The average Bonchev–Trinajstić information content (AvgIpc) is 3.51. The number of carbonyl (C=O) groups is 2. The highest BCUT2D eigenvalue weighted by Gasteiger charge is 2.27. The fraction of sp³-hybridized carbons (Fsp3) is 0.250. The van der Waals surface area contributed by atoms with E-state index in [1.54, 1.807) is 30.6 Å². The summed E-state index contributed by atoms with van der Waals surface area (Å²) in [4.78, 5) is 36.8. The van der Waals surface area contributed by atoms with Crippen LogP contribution in [-0.4, -0.2) is 59.2 Å². The lowest BCUT2D eigenvalue weighted by Gasteiger charge is -2.16. The van der Waals surface area contributed by atoms with Crippen LogP contribution in [0.5, 0.6) is 0 Å². The van der Waals surface area contributed by atoms with Crippen LogP contribution in [-0.2, 0) is 19.6 Å². The fourth-order valence-corrected chi connectivity index (χ4v) is 5.39. The van der Waals surface area contributed by atoms with Crippen LogP contribution in [0.2, 0.25) is 0 Å². The van der Waals surface area contributed by atoms with Crippen LogP contribution in [0.4, 0.5) is 5.69 Å². The zero-order valence-electron chi connectivity index (χ0n) is 16.8. The zero-order valence-corrected chi connectivity index (χ0v) is 18.4. The van der Waals surface area contributed by atoms with Gasteiger partial charge in [0.2, 0.25) is 10.0 Å². The number of rotatable bonds is 7. The van der Waals surface area contributed by atoms with Crippen molar-refractivity contribution in [1.29, 1.82) is 0 Å². The smallest absolute Gasteiger partial charge is 0.358 e. The van der Waals surface area contributed by atoms with Crippen molar-refractivity contribution < 1.29 is 22.7 Å². The van der Waals surface area contributed by atoms with Gasteiger partial charge in [0.25, 0.3) is 5.91 Å². The number of esters is 1. The molecular weight excluding hydrogens is 454 g/mol. The van der Waals surface area contributed by atoms with Crippen LogP contribution in [0.25, 0.3) is 10.8 Å². The number of anilines is 1. The van der Waals surface area contributed by atoms with Crippen LogP contribution >= 0.6 is 11.3 Å². The first-order chi connectivity index (χ1) is 15.4. The fourth-order valence-electron chi connectivity index (χ4n) is 3.09. The van der Waals surface area contributed by atoms with Gasteiger partial charge in [-0.25, -0.2) is 28.2 Å². The molecule has 0 unspecified atom stereocenters. The molecule has 0 spiro atoms. The lowest BCUT2D eigenvalue weighted by molar-refractivity contribution is -0.119. The highest BCUT2D eigenvalue weighted by Crippen LogP contribution is 2.23. The summed E-state index contributed by atoms with van der Waals surface area (Å²) < 4.78 is 31.8. The summed E-state index contributed by atoms with van der Waals surface area (Å²) in [5, 5.41) is 4.50. The molecule has 12 heteroatoms. The lowest BCUT2D eigenvalue weighted by Crippen LogP contribution is -2.28. The standard InChI is InChI=1S/C20H19N5O5S2/c26-17(12-30-20(27)16-13-31-19(24-16)18-21-7-4-8-22-18)23-14-5-3-6-15(11-14)32(28,29)25-9-1-2-10-25/h3-8,11,13H,1-2,9-10,12H2,(H,23,26). The van der Waals surface area contributed by atoms with E-state index >= 15 is 0 Å². The van der Waals surface area contributed by atoms with Crippen molar-refractivity contribution in [3.63, 3.8) is 0 Å². The van der Waals surface area contributed by atoms with Gasteiger partial charge in [0.05, 0.1) is 4.90 Å². The number of aromatic nitrogens is 3. The van der Waals surface area contributed by atoms with Gasteiger partial charge < -0.3 is 10.1 Å². The number of carbonyl (C=O) groups excluding carboxylic acids is 2. The van der Waals surface area contributed by atoms with E-state index in [2.05, 4.69) is 20.3 Å². The van der Waals surface area contributed by atoms with Gasteiger partial charge in [0.15, 0.2) is 23.1 Å². The molecular formula is C20H19N5O5S2. The normalized spacial score (nSPS) is 14.2. The molecule has 0 radical (unpaired) electrons. The Kier molecular flexibility index (Phi) is 6.53. The summed E-state index contributed by atoms with van der Waals surface area (Å²) in [6.45, 7) is 0.434. The summed E-state index contributed by atoms with van der Waals surface area (Å²) in [7, 11) is -3.60. The van der Waals surface area contributed by atoms with Gasteiger partial charge in [-0.3, -0.25) is 4.79 Å². The molecule has 2 aromatic heterocycles. The molecule has 4 rings (SSSR count). The largest absolute Gasteiger partial charge is 0.451 e. The van der Waals surface area contributed by atoms with Gasteiger partial charge in [-0.15, -0.1) is 11.3 Å². The lowest BCUT2D eigenvalue weighted by atomic mass is 10.3. The number of sulfonamides is 1. The molecule has 1 saturated heterocycles. The highest BCUT2D eigenvalue weighted by molar-refractivity contribution is 7.89. The first-order valence-corrected chi connectivity index (χ1v) is 12.1. The number of hydrogen-bond donors (Lipinski definition) is 1. The van der Waals surface area contributed by atoms with E-state index in [1.165, 1.54) is 33.2 Å².